The predicted octanol–water partition coefficient (Wildman–Crippen LogP) is 3.47. The summed E-state index contributed by atoms with van der Waals surface area (Å²) in [5.74, 6) is 0.0325. The summed E-state index contributed by atoms with van der Waals surface area (Å²) in [7, 11) is 0. The molecule has 0 saturated carbocycles. The van der Waals surface area contributed by atoms with Crippen molar-refractivity contribution in [2.24, 2.45) is 0 Å². The van der Waals surface area contributed by atoms with E-state index in [4.69, 9.17) is 11.6 Å². The minimum Gasteiger partial charge on any atom is -0.264 e. The predicted molar refractivity (Wildman–Crippen MR) is 71.0 cm³/mol. The lowest BCUT2D eigenvalue weighted by Gasteiger charge is -2.08. The van der Waals surface area contributed by atoms with Crippen molar-refractivity contribution in [1.82, 2.24) is 9.55 Å². The summed E-state index contributed by atoms with van der Waals surface area (Å²) in [5, 5.41) is -0.147. The van der Waals surface area contributed by atoms with Crippen molar-refractivity contribution in [3.05, 3.63) is 52.3 Å². The van der Waals surface area contributed by atoms with E-state index in [1.165, 1.54) is 17.0 Å². The van der Waals surface area contributed by atoms with Gasteiger partial charge in [-0.05, 0) is 18.6 Å². The van der Waals surface area contributed by atoms with Gasteiger partial charge in [0.05, 0.1) is 0 Å². The smallest absolute Gasteiger partial charge is 0.264 e. The number of halogens is 2. The van der Waals surface area contributed by atoms with Crippen molar-refractivity contribution >= 4 is 29.5 Å². The molecule has 2 rings (SSSR count). The first-order chi connectivity index (χ1) is 8.50. The van der Waals surface area contributed by atoms with Crippen molar-refractivity contribution in [3.8, 4) is 0 Å². The van der Waals surface area contributed by atoms with Gasteiger partial charge in [0.15, 0.2) is 0 Å². The van der Waals surface area contributed by atoms with E-state index in [1.54, 1.807) is 19.1 Å². The first kappa shape index (κ1) is 13.1. The second kappa shape index (κ2) is 5.12. The Bertz CT molecular complexity index is 612. The Kier molecular flexibility index (Phi) is 3.73. The Morgan fingerprint density at radius 2 is 2.28 bits per heavy atom. The molecule has 0 saturated heterocycles. The normalized spacial score (nSPS) is 10.7. The van der Waals surface area contributed by atoms with Gasteiger partial charge in [0.25, 0.3) is 5.24 Å². The number of hydrogen-bond donors (Lipinski definition) is 1. The molecule has 0 atom stereocenters. The third-order valence-electron chi connectivity index (χ3n) is 2.64. The number of carbonyl (C=O) groups is 1. The van der Waals surface area contributed by atoms with Crippen LogP contribution in [0.5, 0.6) is 0 Å². The molecule has 0 aliphatic rings. The second-order valence-corrected chi connectivity index (χ2v) is 4.62. The van der Waals surface area contributed by atoms with Crippen LogP contribution in [0.3, 0.4) is 0 Å². The molecule has 0 amide bonds. The van der Waals surface area contributed by atoms with Crippen LogP contribution in [0.15, 0.2) is 24.5 Å². The van der Waals surface area contributed by atoms with Gasteiger partial charge in [0.1, 0.15) is 11.6 Å². The summed E-state index contributed by atoms with van der Waals surface area (Å²) < 4.78 is 15.2. The molecule has 0 spiro atoms. The minimum atomic E-state index is -0.466. The number of benzene rings is 1. The highest BCUT2D eigenvalue weighted by Crippen LogP contribution is 2.24. The zero-order valence-electron chi connectivity index (χ0n) is 9.52. The van der Waals surface area contributed by atoms with E-state index in [-0.39, 0.29) is 12.2 Å². The Morgan fingerprint density at radius 3 is 2.94 bits per heavy atom. The molecule has 1 aromatic carbocycles. The fourth-order valence-electron chi connectivity index (χ4n) is 1.67. The molecule has 18 heavy (non-hydrogen) atoms. The highest BCUT2D eigenvalue weighted by atomic mass is 35.5. The van der Waals surface area contributed by atoms with E-state index in [2.05, 4.69) is 17.6 Å². The average Bonchev–Trinajstić information content (AvgIpc) is 2.78. The maximum Gasteiger partial charge on any atom is 0.288 e. The summed E-state index contributed by atoms with van der Waals surface area (Å²) in [6, 6.07) is 3.24. The van der Waals surface area contributed by atoms with Crippen LogP contribution >= 0.6 is 24.2 Å². The second-order valence-electron chi connectivity index (χ2n) is 3.83. The van der Waals surface area contributed by atoms with E-state index < -0.39 is 5.24 Å². The summed E-state index contributed by atoms with van der Waals surface area (Å²) in [6.07, 6.45) is 3.09. The Balaban J connectivity index is 2.43. The van der Waals surface area contributed by atoms with Crippen LogP contribution in [0.25, 0.3) is 0 Å². The first-order valence-corrected chi connectivity index (χ1v) is 6.02. The molecule has 3 nitrogen and oxygen atoms in total. The minimum absolute atomic E-state index is 0.144. The molecule has 0 radical (unpaired) electrons. The molecule has 0 fully saturated rings. The van der Waals surface area contributed by atoms with Crippen molar-refractivity contribution < 1.29 is 9.18 Å². The van der Waals surface area contributed by atoms with E-state index in [0.717, 1.165) is 0 Å². The Morgan fingerprint density at radius 1 is 1.56 bits per heavy atom. The average molecular weight is 285 g/mol. The number of nitrogens with zero attached hydrogens (tertiary/aromatic N) is 2. The SMILES string of the molecule is Cc1ccc(Cl)c(Cc2nccn2C(=O)S)c1F. The third-order valence-corrected chi connectivity index (χ3v) is 3.21. The standard InChI is InChI=1S/C12H10ClFN2OS/c1-7-2-3-9(13)8(11(7)14)6-10-15-4-5-16(10)12(17)18/h2-5H,6H2,1H3,(H,17,18). The number of rotatable bonds is 2. The largest absolute Gasteiger partial charge is 0.288 e. The first-order valence-electron chi connectivity index (χ1n) is 5.19. The lowest BCUT2D eigenvalue weighted by atomic mass is 10.1. The molecule has 0 unspecified atom stereocenters. The third kappa shape index (κ3) is 2.42. The molecule has 94 valence electrons. The lowest BCUT2D eigenvalue weighted by Crippen LogP contribution is -2.08. The number of thiol groups is 1. The van der Waals surface area contributed by atoms with Gasteiger partial charge >= 0.3 is 0 Å². The van der Waals surface area contributed by atoms with Crippen LogP contribution in [-0.2, 0) is 6.42 Å². The molecule has 0 aliphatic heterocycles. The van der Waals surface area contributed by atoms with Crippen LogP contribution in [0.4, 0.5) is 9.18 Å². The number of aromatic nitrogens is 2. The van der Waals surface area contributed by atoms with Gasteiger partial charge in [-0.2, -0.15) is 0 Å². The van der Waals surface area contributed by atoms with Gasteiger partial charge in [-0.15, -0.1) is 0 Å². The van der Waals surface area contributed by atoms with Crippen LogP contribution in [0.1, 0.15) is 17.0 Å². The van der Waals surface area contributed by atoms with E-state index >= 15 is 0 Å². The fourth-order valence-corrected chi connectivity index (χ4v) is 2.07. The molecular formula is C12H10ClFN2OS. The van der Waals surface area contributed by atoms with Gasteiger partial charge in [0.2, 0.25) is 0 Å². The summed E-state index contributed by atoms with van der Waals surface area (Å²) in [6.45, 7) is 1.66. The fraction of sp³-hybridized carbons (Fsp3) is 0.167. The monoisotopic (exact) mass is 284 g/mol. The Hall–Kier alpha value is -1.33. The van der Waals surface area contributed by atoms with Crippen LogP contribution in [0, 0.1) is 12.7 Å². The molecule has 1 aromatic heterocycles. The van der Waals surface area contributed by atoms with Crippen molar-refractivity contribution in [2.45, 2.75) is 13.3 Å². The van der Waals surface area contributed by atoms with Crippen molar-refractivity contribution in [2.75, 3.05) is 0 Å². The number of aryl methyl sites for hydroxylation is 1. The number of hydrogen-bond acceptors (Lipinski definition) is 2. The van der Waals surface area contributed by atoms with Gasteiger partial charge in [-0.3, -0.25) is 9.36 Å². The van der Waals surface area contributed by atoms with Gasteiger partial charge in [-0.1, -0.05) is 30.3 Å². The van der Waals surface area contributed by atoms with Crippen molar-refractivity contribution in [1.29, 1.82) is 0 Å². The molecule has 0 aliphatic carbocycles. The quantitative estimate of drug-likeness (QED) is 0.857. The topological polar surface area (TPSA) is 34.9 Å². The van der Waals surface area contributed by atoms with Crippen molar-refractivity contribution in [3.63, 3.8) is 0 Å². The highest BCUT2D eigenvalue weighted by Gasteiger charge is 2.15. The summed E-state index contributed by atoms with van der Waals surface area (Å²) in [4.78, 5) is 15.2. The molecule has 0 bridgehead atoms. The molecule has 1 heterocycles. The molecule has 6 heteroatoms. The zero-order valence-corrected chi connectivity index (χ0v) is 11.2. The van der Waals surface area contributed by atoms with Gasteiger partial charge < -0.3 is 0 Å². The Labute approximate surface area is 114 Å². The number of carbonyl (C=O) groups excluding carboxylic acids is 1. The zero-order chi connectivity index (χ0) is 13.3. The molecule has 0 N–H and O–H groups in total. The van der Waals surface area contributed by atoms with Crippen LogP contribution < -0.4 is 0 Å². The molecular weight excluding hydrogens is 275 g/mol. The molecule has 2 aromatic rings. The van der Waals surface area contributed by atoms with E-state index in [9.17, 15) is 9.18 Å². The maximum absolute atomic E-state index is 14.0. The highest BCUT2D eigenvalue weighted by molar-refractivity contribution is 7.96. The van der Waals surface area contributed by atoms with Crippen LogP contribution in [-0.4, -0.2) is 14.8 Å². The lowest BCUT2D eigenvalue weighted by molar-refractivity contribution is 0.261. The maximum atomic E-state index is 14.0. The summed E-state index contributed by atoms with van der Waals surface area (Å²) >= 11 is 9.69. The van der Waals surface area contributed by atoms with Gasteiger partial charge in [-0.25, -0.2) is 9.37 Å². The number of imidazole rings is 1. The summed E-state index contributed by atoms with van der Waals surface area (Å²) in [5.41, 5.74) is 0.836. The van der Waals surface area contributed by atoms with Crippen LogP contribution in [0.2, 0.25) is 5.02 Å². The van der Waals surface area contributed by atoms with E-state index in [0.29, 0.717) is 22.0 Å². The van der Waals surface area contributed by atoms with E-state index in [1.807, 2.05) is 0 Å². The van der Waals surface area contributed by atoms with Gasteiger partial charge in [0, 0.05) is 29.4 Å².